The molecule has 0 unspecified atom stereocenters. The molecule has 0 saturated heterocycles. The number of halogens is 1. The van der Waals surface area contributed by atoms with Gasteiger partial charge in [0.2, 0.25) is 0 Å². The zero-order valence-electron chi connectivity index (χ0n) is 9.35. The number of benzene rings is 1. The van der Waals surface area contributed by atoms with Crippen molar-refractivity contribution in [2.75, 3.05) is 5.73 Å². The Morgan fingerprint density at radius 2 is 2.22 bits per heavy atom. The van der Waals surface area contributed by atoms with E-state index in [9.17, 15) is 4.39 Å². The van der Waals surface area contributed by atoms with Gasteiger partial charge < -0.3 is 5.73 Å². The van der Waals surface area contributed by atoms with E-state index in [0.717, 1.165) is 16.0 Å². The fourth-order valence-electron chi connectivity index (χ4n) is 1.75. The van der Waals surface area contributed by atoms with Crippen molar-refractivity contribution in [1.29, 1.82) is 0 Å². The van der Waals surface area contributed by atoms with E-state index in [-0.39, 0.29) is 5.69 Å². The van der Waals surface area contributed by atoms with E-state index in [1.807, 2.05) is 29.7 Å². The Morgan fingerprint density at radius 3 is 3.00 bits per heavy atom. The number of fused-ring (bicyclic) bond motifs is 1. The fourth-order valence-corrected chi connectivity index (χ4v) is 2.37. The van der Waals surface area contributed by atoms with Crippen LogP contribution in [-0.4, -0.2) is 10.2 Å². The van der Waals surface area contributed by atoms with Gasteiger partial charge in [0.25, 0.3) is 0 Å². The highest BCUT2D eigenvalue weighted by molar-refractivity contribution is 7.10. The van der Waals surface area contributed by atoms with E-state index in [0.29, 0.717) is 5.52 Å². The number of hydrogen-bond acceptors (Lipinski definition) is 3. The van der Waals surface area contributed by atoms with Gasteiger partial charge in [-0.2, -0.15) is 5.10 Å². The summed E-state index contributed by atoms with van der Waals surface area (Å²) in [7, 11) is 0. The van der Waals surface area contributed by atoms with Crippen LogP contribution in [0, 0.1) is 5.82 Å². The van der Waals surface area contributed by atoms with E-state index >= 15 is 0 Å². The SMILES string of the molecule is Nc1cc2c(/C=C/c3cccs3)n[nH]c2cc1F. The summed E-state index contributed by atoms with van der Waals surface area (Å²) in [4.78, 5) is 1.14. The molecule has 0 saturated carbocycles. The smallest absolute Gasteiger partial charge is 0.148 e. The number of nitrogen functional groups attached to an aromatic ring is 1. The molecule has 18 heavy (non-hydrogen) atoms. The van der Waals surface area contributed by atoms with E-state index in [2.05, 4.69) is 10.2 Å². The first-order valence-corrected chi connectivity index (χ1v) is 6.27. The Balaban J connectivity index is 2.05. The van der Waals surface area contributed by atoms with Crippen LogP contribution >= 0.6 is 11.3 Å². The summed E-state index contributed by atoms with van der Waals surface area (Å²) >= 11 is 1.65. The largest absolute Gasteiger partial charge is 0.396 e. The van der Waals surface area contributed by atoms with Crippen molar-refractivity contribution < 1.29 is 4.39 Å². The standard InChI is InChI=1S/C13H10FN3S/c14-10-7-13-9(6-11(10)15)12(16-17-13)4-3-8-2-1-5-18-8/h1-7H,15H2,(H,16,17)/b4-3+. The van der Waals surface area contributed by atoms with Gasteiger partial charge in [-0.3, -0.25) is 5.10 Å². The highest BCUT2D eigenvalue weighted by Gasteiger charge is 2.07. The minimum Gasteiger partial charge on any atom is -0.396 e. The molecule has 2 heterocycles. The second-order valence-electron chi connectivity index (χ2n) is 3.88. The number of anilines is 1. The predicted octanol–water partition coefficient (Wildman–Crippen LogP) is 3.52. The molecule has 0 aliphatic heterocycles. The third-order valence-corrected chi connectivity index (χ3v) is 3.50. The van der Waals surface area contributed by atoms with Crippen LogP contribution in [0.5, 0.6) is 0 Å². The average molecular weight is 259 g/mol. The number of hydrogen-bond donors (Lipinski definition) is 2. The van der Waals surface area contributed by atoms with Crippen LogP contribution in [0.3, 0.4) is 0 Å². The molecular formula is C13H10FN3S. The molecule has 5 heteroatoms. The monoisotopic (exact) mass is 259 g/mol. The lowest BCUT2D eigenvalue weighted by Gasteiger charge is -1.96. The highest BCUT2D eigenvalue weighted by Crippen LogP contribution is 2.23. The maximum Gasteiger partial charge on any atom is 0.148 e. The number of aromatic nitrogens is 2. The molecule has 0 amide bonds. The second-order valence-corrected chi connectivity index (χ2v) is 4.86. The first-order valence-electron chi connectivity index (χ1n) is 5.39. The van der Waals surface area contributed by atoms with Crippen molar-refractivity contribution in [1.82, 2.24) is 10.2 Å². The maximum atomic E-state index is 13.3. The molecule has 2 aromatic heterocycles. The van der Waals surface area contributed by atoms with Crippen LogP contribution in [-0.2, 0) is 0 Å². The number of nitrogens with zero attached hydrogens (tertiary/aromatic N) is 1. The Kier molecular flexibility index (Phi) is 2.60. The van der Waals surface area contributed by atoms with Crippen molar-refractivity contribution in [2.24, 2.45) is 0 Å². The Bertz CT molecular complexity index is 713. The first kappa shape index (κ1) is 11.0. The molecule has 90 valence electrons. The summed E-state index contributed by atoms with van der Waals surface area (Å²) in [6.07, 6.45) is 3.86. The van der Waals surface area contributed by atoms with Crippen molar-refractivity contribution >= 4 is 40.1 Å². The zero-order valence-corrected chi connectivity index (χ0v) is 10.2. The molecule has 0 spiro atoms. The van der Waals surface area contributed by atoms with Gasteiger partial charge >= 0.3 is 0 Å². The van der Waals surface area contributed by atoms with Crippen LogP contribution in [0.1, 0.15) is 10.6 Å². The van der Waals surface area contributed by atoms with Gasteiger partial charge in [-0.25, -0.2) is 4.39 Å². The van der Waals surface area contributed by atoms with E-state index in [1.165, 1.54) is 6.07 Å². The predicted molar refractivity (Wildman–Crippen MR) is 73.7 cm³/mol. The number of H-pyrrole nitrogens is 1. The summed E-state index contributed by atoms with van der Waals surface area (Å²) < 4.78 is 13.3. The van der Waals surface area contributed by atoms with Gasteiger partial charge in [0.15, 0.2) is 0 Å². The van der Waals surface area contributed by atoms with Crippen molar-refractivity contribution in [3.8, 4) is 0 Å². The number of aromatic amines is 1. The number of rotatable bonds is 2. The lowest BCUT2D eigenvalue weighted by atomic mass is 10.1. The quantitative estimate of drug-likeness (QED) is 0.692. The minimum atomic E-state index is -0.431. The van der Waals surface area contributed by atoms with Crippen molar-refractivity contribution in [3.63, 3.8) is 0 Å². The maximum absolute atomic E-state index is 13.3. The molecule has 0 aliphatic carbocycles. The van der Waals surface area contributed by atoms with E-state index in [4.69, 9.17) is 5.73 Å². The highest BCUT2D eigenvalue weighted by atomic mass is 32.1. The minimum absolute atomic E-state index is 0.134. The molecule has 0 aliphatic rings. The molecule has 0 atom stereocenters. The molecule has 0 radical (unpaired) electrons. The number of nitrogens with one attached hydrogen (secondary N) is 1. The van der Waals surface area contributed by atoms with Gasteiger partial charge in [0.05, 0.1) is 16.9 Å². The summed E-state index contributed by atoms with van der Waals surface area (Å²) in [5.74, 6) is -0.431. The Labute approximate surface area is 107 Å². The van der Waals surface area contributed by atoms with Gasteiger partial charge in [0, 0.05) is 16.3 Å². The molecule has 3 rings (SSSR count). The third-order valence-electron chi connectivity index (χ3n) is 2.66. The van der Waals surface area contributed by atoms with Crippen LogP contribution in [0.2, 0.25) is 0 Å². The van der Waals surface area contributed by atoms with Crippen molar-refractivity contribution in [2.45, 2.75) is 0 Å². The number of thiophene rings is 1. The second kappa shape index (κ2) is 4.27. The first-order chi connectivity index (χ1) is 8.74. The molecule has 3 nitrogen and oxygen atoms in total. The topological polar surface area (TPSA) is 54.7 Å². The molecular weight excluding hydrogens is 249 g/mol. The summed E-state index contributed by atoms with van der Waals surface area (Å²) in [5, 5.41) is 9.77. The fraction of sp³-hybridized carbons (Fsp3) is 0. The summed E-state index contributed by atoms with van der Waals surface area (Å²) in [6, 6.07) is 6.97. The molecule has 0 bridgehead atoms. The van der Waals surface area contributed by atoms with Gasteiger partial charge in [0.1, 0.15) is 5.82 Å². The summed E-state index contributed by atoms with van der Waals surface area (Å²) in [6.45, 7) is 0. The Hall–Kier alpha value is -2.14. The van der Waals surface area contributed by atoms with Crippen molar-refractivity contribution in [3.05, 3.63) is 46.0 Å². The molecule has 3 aromatic rings. The Morgan fingerprint density at radius 1 is 1.33 bits per heavy atom. The lowest BCUT2D eigenvalue weighted by molar-refractivity contribution is 0.634. The number of nitrogens with two attached hydrogens (primary N) is 1. The molecule has 0 fully saturated rings. The van der Waals surface area contributed by atoms with Crippen LogP contribution in [0.25, 0.3) is 23.1 Å². The molecule has 3 N–H and O–H groups in total. The van der Waals surface area contributed by atoms with Gasteiger partial charge in [-0.15, -0.1) is 11.3 Å². The molecule has 1 aromatic carbocycles. The lowest BCUT2D eigenvalue weighted by Crippen LogP contribution is -1.89. The van der Waals surface area contributed by atoms with Crippen LogP contribution < -0.4 is 5.73 Å². The average Bonchev–Trinajstić information content (AvgIpc) is 2.97. The van der Waals surface area contributed by atoms with E-state index in [1.54, 1.807) is 17.4 Å². The van der Waals surface area contributed by atoms with Gasteiger partial charge in [-0.1, -0.05) is 6.07 Å². The third kappa shape index (κ3) is 1.89. The normalized spacial score (nSPS) is 11.6. The van der Waals surface area contributed by atoms with Crippen LogP contribution in [0.15, 0.2) is 29.6 Å². The van der Waals surface area contributed by atoms with Gasteiger partial charge in [-0.05, 0) is 29.7 Å². The zero-order chi connectivity index (χ0) is 12.5. The van der Waals surface area contributed by atoms with E-state index < -0.39 is 5.82 Å². The summed E-state index contributed by atoms with van der Waals surface area (Å²) in [5.41, 5.74) is 7.10. The van der Waals surface area contributed by atoms with Crippen LogP contribution in [0.4, 0.5) is 10.1 Å².